The number of methoxy groups -OCH3 is 1. The van der Waals surface area contributed by atoms with Crippen molar-refractivity contribution < 1.29 is 51.4 Å². The number of hydrogen-bond donors (Lipinski definition) is 4. The lowest BCUT2D eigenvalue weighted by Gasteiger charge is -2.25. The van der Waals surface area contributed by atoms with Gasteiger partial charge in [0.2, 0.25) is 11.9 Å². The molecule has 0 radical (unpaired) electrons. The van der Waals surface area contributed by atoms with Crippen LogP contribution < -0.4 is 26.8 Å². The maximum Gasteiger partial charge on any atom is 0.471 e. The Morgan fingerprint density at radius 2 is 1.67 bits per heavy atom. The molecule has 1 atom stereocenters. The Hall–Kier alpha value is -5.34. The van der Waals surface area contributed by atoms with Crippen LogP contribution in [0.4, 0.5) is 24.8 Å². The number of carbonyl (C=O) groups is 5. The number of alkyl halides is 3. The molecule has 1 aromatic carbocycles. The van der Waals surface area contributed by atoms with Crippen molar-refractivity contribution in [1.29, 1.82) is 0 Å². The number of benzene rings is 1. The first-order valence-electron chi connectivity index (χ1n) is 16.8. The molecule has 0 bridgehead atoms. The summed E-state index contributed by atoms with van der Waals surface area (Å²) < 4.78 is 56.9. The number of fused-ring (bicyclic) bond motifs is 1. The molecule has 17 nitrogen and oxygen atoms in total. The van der Waals surface area contributed by atoms with Crippen molar-refractivity contribution in [3.05, 3.63) is 52.1 Å². The molecule has 0 aliphatic heterocycles. The number of nitrogens with one attached hydrogen (secondary N) is 3. The molecule has 3 amide bonds. The number of ketones is 1. The minimum atomic E-state index is -5.32. The van der Waals surface area contributed by atoms with Crippen LogP contribution in [0.15, 0.2) is 35.3 Å². The molecule has 0 fully saturated rings. The fraction of sp³-hybridized carbons (Fsp3) is 0.500. The molecule has 0 spiro atoms. The summed E-state index contributed by atoms with van der Waals surface area (Å²) in [6.07, 6.45) is -3.94. The van der Waals surface area contributed by atoms with E-state index in [2.05, 4.69) is 30.6 Å². The van der Waals surface area contributed by atoms with Crippen LogP contribution in [0.5, 0.6) is 0 Å². The summed E-state index contributed by atoms with van der Waals surface area (Å²) in [4.78, 5) is 89.8. The number of ether oxygens (including phenoxy) is 3. The van der Waals surface area contributed by atoms with Gasteiger partial charge in [0.05, 0.1) is 38.8 Å². The molecule has 3 rings (SSSR count). The van der Waals surface area contributed by atoms with Gasteiger partial charge in [0.25, 0.3) is 11.5 Å². The first kappa shape index (κ1) is 43.1. The van der Waals surface area contributed by atoms with Crippen molar-refractivity contribution >= 4 is 52.3 Å². The van der Waals surface area contributed by atoms with Gasteiger partial charge in [0, 0.05) is 36.6 Å². The number of halogens is 3. The molecule has 2 heterocycles. The number of rotatable bonds is 19. The Balaban J connectivity index is 1.71. The van der Waals surface area contributed by atoms with Crippen LogP contribution in [-0.4, -0.2) is 94.3 Å². The lowest BCUT2D eigenvalue weighted by Crippen LogP contribution is -2.42. The zero-order chi connectivity index (χ0) is 40.2. The number of H-pyrrole nitrogens is 1. The van der Waals surface area contributed by atoms with Crippen LogP contribution in [0.1, 0.15) is 69.4 Å². The summed E-state index contributed by atoms with van der Waals surface area (Å²) in [5.41, 5.74) is 3.43. The van der Waals surface area contributed by atoms with E-state index in [1.807, 2.05) is 0 Å². The van der Waals surface area contributed by atoms with E-state index in [1.54, 1.807) is 27.7 Å². The highest BCUT2D eigenvalue weighted by Gasteiger charge is 2.43. The quantitative estimate of drug-likeness (QED) is 0.0781. The molecule has 20 heteroatoms. The standard InChI is InChI=1S/C34H43F3N8O9/c1-19(2)27(47)43-32-42-26-25(29(49)44-32)40-21(17-39-26)18-45(31(51)34(35,36)37)22-10-8-20(9-11-22)28(48)41-24(30(50)52-5)13-12-23(46)7-6-15-53-33(3,4)54-16-14-38/h8-11,17,19,24H,6-7,12-16,18,38H2,1-5H3,(H,41,48)(H2,39,42,43,44,47,49)/t24-/m0/s1. The fourth-order valence-corrected chi connectivity index (χ4v) is 4.74. The Kier molecular flexibility index (Phi) is 15.3. The smallest absolute Gasteiger partial charge is 0.467 e. The summed E-state index contributed by atoms with van der Waals surface area (Å²) >= 11 is 0. The highest BCUT2D eigenvalue weighted by Crippen LogP contribution is 2.26. The maximum atomic E-state index is 13.7. The van der Waals surface area contributed by atoms with Crippen LogP contribution in [-0.2, 0) is 39.9 Å². The van der Waals surface area contributed by atoms with E-state index in [4.69, 9.17) is 19.9 Å². The number of Topliss-reactive ketones (excluding diaryl/α,β-unsaturated/α-hetero) is 1. The number of carbonyl (C=O) groups excluding carboxylic acids is 5. The van der Waals surface area contributed by atoms with Crippen molar-refractivity contribution in [2.75, 3.05) is 37.1 Å². The minimum Gasteiger partial charge on any atom is -0.467 e. The molecular formula is C34H43F3N8O9. The lowest BCUT2D eigenvalue weighted by atomic mass is 10.1. The van der Waals surface area contributed by atoms with E-state index in [1.165, 1.54) is 0 Å². The molecule has 3 aromatic rings. The van der Waals surface area contributed by atoms with Gasteiger partial charge in [-0.15, -0.1) is 0 Å². The molecule has 0 aliphatic rings. The van der Waals surface area contributed by atoms with Crippen molar-refractivity contribution in [1.82, 2.24) is 25.3 Å². The minimum absolute atomic E-state index is 0.0734. The first-order valence-corrected chi connectivity index (χ1v) is 16.8. The third kappa shape index (κ3) is 12.7. The zero-order valence-corrected chi connectivity index (χ0v) is 30.4. The van der Waals surface area contributed by atoms with Gasteiger partial charge in [0.15, 0.2) is 17.0 Å². The summed E-state index contributed by atoms with van der Waals surface area (Å²) in [7, 11) is 1.10. The van der Waals surface area contributed by atoms with Crippen molar-refractivity contribution in [2.24, 2.45) is 11.7 Å². The number of amides is 3. The van der Waals surface area contributed by atoms with Gasteiger partial charge in [-0.1, -0.05) is 13.8 Å². The van der Waals surface area contributed by atoms with E-state index >= 15 is 0 Å². The highest BCUT2D eigenvalue weighted by atomic mass is 19.4. The van der Waals surface area contributed by atoms with E-state index in [0.717, 1.165) is 37.6 Å². The fourth-order valence-electron chi connectivity index (χ4n) is 4.74. The second-order valence-electron chi connectivity index (χ2n) is 12.6. The lowest BCUT2D eigenvalue weighted by molar-refractivity contribution is -0.212. The molecule has 294 valence electrons. The number of aromatic amines is 1. The third-order valence-electron chi connectivity index (χ3n) is 7.60. The predicted octanol–water partition coefficient (Wildman–Crippen LogP) is 2.53. The Labute approximate surface area is 307 Å². The number of hydrogen-bond acceptors (Lipinski definition) is 13. The molecule has 5 N–H and O–H groups in total. The van der Waals surface area contributed by atoms with Gasteiger partial charge in [-0.3, -0.25) is 39.2 Å². The average molecular weight is 765 g/mol. The van der Waals surface area contributed by atoms with Gasteiger partial charge in [-0.25, -0.2) is 14.8 Å². The Morgan fingerprint density at radius 1 is 1.00 bits per heavy atom. The van der Waals surface area contributed by atoms with E-state index in [-0.39, 0.29) is 65.7 Å². The Bertz CT molecular complexity index is 1870. The van der Waals surface area contributed by atoms with Gasteiger partial charge in [0.1, 0.15) is 11.8 Å². The number of esters is 1. The third-order valence-corrected chi connectivity index (χ3v) is 7.60. The second-order valence-corrected chi connectivity index (χ2v) is 12.6. The number of nitrogens with two attached hydrogens (primary N) is 1. The molecule has 2 aromatic heterocycles. The van der Waals surface area contributed by atoms with Gasteiger partial charge >= 0.3 is 18.1 Å². The van der Waals surface area contributed by atoms with E-state index in [0.29, 0.717) is 24.5 Å². The summed E-state index contributed by atoms with van der Waals surface area (Å²) in [5.74, 6) is -6.04. The van der Waals surface area contributed by atoms with Crippen LogP contribution in [0.2, 0.25) is 0 Å². The summed E-state index contributed by atoms with van der Waals surface area (Å²) in [6.45, 7) is 6.76. The SMILES string of the molecule is COC(=O)[C@H](CCC(=O)CCCOC(C)(C)OCCN)NC(=O)c1ccc(N(Cc2cnc3nc(NC(=O)C(C)C)[nH]c(=O)c3n2)C(=O)C(F)(F)F)cc1. The zero-order valence-electron chi connectivity index (χ0n) is 30.4. The maximum absolute atomic E-state index is 13.7. The predicted molar refractivity (Wildman–Crippen MR) is 187 cm³/mol. The second kappa shape index (κ2) is 19.1. The topological polar surface area (TPSA) is 238 Å². The molecule has 54 heavy (non-hydrogen) atoms. The average Bonchev–Trinajstić information content (AvgIpc) is 3.12. The molecule has 0 unspecified atom stereocenters. The van der Waals surface area contributed by atoms with Crippen LogP contribution >= 0.6 is 0 Å². The van der Waals surface area contributed by atoms with Crippen LogP contribution in [0.3, 0.4) is 0 Å². The number of nitrogens with zero attached hydrogens (tertiary/aromatic N) is 4. The number of anilines is 2. The van der Waals surface area contributed by atoms with Crippen molar-refractivity contribution in [3.8, 4) is 0 Å². The van der Waals surface area contributed by atoms with Crippen LogP contribution in [0, 0.1) is 5.92 Å². The highest BCUT2D eigenvalue weighted by molar-refractivity contribution is 5.99. The Morgan fingerprint density at radius 3 is 2.28 bits per heavy atom. The molecular weight excluding hydrogens is 721 g/mol. The first-order chi connectivity index (χ1) is 25.3. The van der Waals surface area contributed by atoms with Gasteiger partial charge in [-0.2, -0.15) is 18.2 Å². The van der Waals surface area contributed by atoms with Crippen molar-refractivity contribution in [3.63, 3.8) is 0 Å². The van der Waals surface area contributed by atoms with Crippen molar-refractivity contribution in [2.45, 2.75) is 77.9 Å². The van der Waals surface area contributed by atoms with E-state index < -0.39 is 59.7 Å². The largest absolute Gasteiger partial charge is 0.471 e. The van der Waals surface area contributed by atoms with Gasteiger partial charge < -0.3 is 25.3 Å². The normalized spacial score (nSPS) is 12.3. The van der Waals surface area contributed by atoms with Crippen LogP contribution in [0.25, 0.3) is 11.2 Å². The van der Waals surface area contributed by atoms with E-state index in [9.17, 15) is 41.9 Å². The molecule has 0 saturated carbocycles. The summed E-state index contributed by atoms with van der Waals surface area (Å²) in [5, 5.41) is 4.87. The molecule has 0 aliphatic carbocycles. The molecule has 0 saturated heterocycles. The summed E-state index contributed by atoms with van der Waals surface area (Å²) in [6, 6.07) is 3.19. The number of aromatic nitrogens is 4. The van der Waals surface area contributed by atoms with Gasteiger partial charge in [-0.05, 0) is 51.0 Å². The monoisotopic (exact) mass is 764 g/mol.